The van der Waals surface area contributed by atoms with Crippen LogP contribution in [0, 0.1) is 12.7 Å². The van der Waals surface area contributed by atoms with Crippen molar-refractivity contribution in [1.82, 2.24) is 20.0 Å². The summed E-state index contributed by atoms with van der Waals surface area (Å²) in [6.07, 6.45) is 5.07. The van der Waals surface area contributed by atoms with E-state index in [2.05, 4.69) is 17.0 Å². The zero-order valence-corrected chi connectivity index (χ0v) is 13.6. The second-order valence-corrected chi connectivity index (χ2v) is 5.51. The molecule has 0 aliphatic rings. The maximum Gasteiger partial charge on any atom is 0.317 e. The van der Waals surface area contributed by atoms with Gasteiger partial charge in [0.15, 0.2) is 0 Å². The van der Waals surface area contributed by atoms with E-state index in [0.717, 1.165) is 5.56 Å². The van der Waals surface area contributed by atoms with E-state index in [9.17, 15) is 9.18 Å². The number of rotatable bonds is 5. The fourth-order valence-electron chi connectivity index (χ4n) is 2.18. The molecular formula is C17H21FN4O. The Morgan fingerprint density at radius 3 is 2.87 bits per heavy atom. The number of aryl methyl sites for hydroxylation is 1. The van der Waals surface area contributed by atoms with Gasteiger partial charge in [0.2, 0.25) is 0 Å². The summed E-state index contributed by atoms with van der Waals surface area (Å²) in [6.45, 7) is 7.75. The maximum atomic E-state index is 14.3. The monoisotopic (exact) mass is 316 g/mol. The van der Waals surface area contributed by atoms with Gasteiger partial charge in [0, 0.05) is 19.8 Å². The van der Waals surface area contributed by atoms with Crippen molar-refractivity contribution in [2.45, 2.75) is 19.9 Å². The van der Waals surface area contributed by atoms with Crippen molar-refractivity contribution >= 4 is 6.03 Å². The van der Waals surface area contributed by atoms with Crippen LogP contribution in [0.1, 0.15) is 24.1 Å². The zero-order chi connectivity index (χ0) is 17.0. The van der Waals surface area contributed by atoms with Gasteiger partial charge < -0.3 is 10.2 Å². The SMILES string of the molecule is C=CCN(C)C(=O)N[C@H](C)c1ccc(-n2cc(C)cn2)c(F)c1. The van der Waals surface area contributed by atoms with Crippen LogP contribution >= 0.6 is 0 Å². The van der Waals surface area contributed by atoms with Gasteiger partial charge in [-0.15, -0.1) is 6.58 Å². The summed E-state index contributed by atoms with van der Waals surface area (Å²) in [5, 5.41) is 6.93. The molecule has 2 aromatic rings. The first-order chi connectivity index (χ1) is 10.9. The summed E-state index contributed by atoms with van der Waals surface area (Å²) in [7, 11) is 1.67. The quantitative estimate of drug-likeness (QED) is 0.861. The number of hydrogen-bond donors (Lipinski definition) is 1. The topological polar surface area (TPSA) is 50.2 Å². The van der Waals surface area contributed by atoms with Crippen molar-refractivity contribution in [3.63, 3.8) is 0 Å². The highest BCUT2D eigenvalue weighted by Gasteiger charge is 2.15. The van der Waals surface area contributed by atoms with Crippen LogP contribution in [0.2, 0.25) is 0 Å². The molecule has 0 fully saturated rings. The van der Waals surface area contributed by atoms with Gasteiger partial charge in [-0.05, 0) is 37.1 Å². The number of halogens is 1. The Morgan fingerprint density at radius 1 is 1.57 bits per heavy atom. The normalized spacial score (nSPS) is 11.8. The van der Waals surface area contributed by atoms with Crippen molar-refractivity contribution in [1.29, 1.82) is 0 Å². The standard InChI is InChI=1S/C17H21FN4O/c1-5-8-21(4)17(23)20-13(3)14-6-7-16(15(18)9-14)22-11-12(2)10-19-22/h5-7,9-11,13H,1,8H2,2-4H3,(H,20,23)/t13-/m1/s1. The number of nitrogens with zero attached hydrogens (tertiary/aromatic N) is 3. The van der Waals surface area contributed by atoms with Crippen molar-refractivity contribution in [2.24, 2.45) is 0 Å². The van der Waals surface area contributed by atoms with Gasteiger partial charge in [-0.3, -0.25) is 0 Å². The van der Waals surface area contributed by atoms with E-state index in [-0.39, 0.29) is 17.9 Å². The number of aromatic nitrogens is 2. The Labute approximate surface area is 135 Å². The molecule has 0 saturated heterocycles. The predicted molar refractivity (Wildman–Crippen MR) is 88.0 cm³/mol. The lowest BCUT2D eigenvalue weighted by molar-refractivity contribution is 0.210. The van der Waals surface area contributed by atoms with Crippen LogP contribution in [0.5, 0.6) is 0 Å². The Kier molecular flexibility index (Phi) is 5.16. The van der Waals surface area contributed by atoms with Crippen LogP contribution in [0.4, 0.5) is 9.18 Å². The third-order valence-corrected chi connectivity index (χ3v) is 3.52. The molecule has 0 aliphatic carbocycles. The molecule has 0 saturated carbocycles. The number of likely N-dealkylation sites (N-methyl/N-ethyl adjacent to an activating group) is 1. The Balaban J connectivity index is 2.13. The van der Waals surface area contributed by atoms with Gasteiger partial charge >= 0.3 is 6.03 Å². The molecule has 0 unspecified atom stereocenters. The van der Waals surface area contributed by atoms with Crippen LogP contribution in [-0.2, 0) is 0 Å². The minimum Gasteiger partial charge on any atom is -0.331 e. The first kappa shape index (κ1) is 16.7. The van der Waals surface area contributed by atoms with Crippen molar-refractivity contribution in [3.05, 3.63) is 60.2 Å². The van der Waals surface area contributed by atoms with Crippen molar-refractivity contribution in [2.75, 3.05) is 13.6 Å². The molecule has 1 aromatic heterocycles. The molecule has 0 radical (unpaired) electrons. The molecule has 1 atom stereocenters. The van der Waals surface area contributed by atoms with Crippen LogP contribution in [0.25, 0.3) is 5.69 Å². The second kappa shape index (κ2) is 7.09. The second-order valence-electron chi connectivity index (χ2n) is 5.51. The molecule has 2 rings (SSSR count). The zero-order valence-electron chi connectivity index (χ0n) is 13.6. The highest BCUT2D eigenvalue weighted by atomic mass is 19.1. The Bertz CT molecular complexity index is 710. The average molecular weight is 316 g/mol. The third-order valence-electron chi connectivity index (χ3n) is 3.52. The highest BCUT2D eigenvalue weighted by Crippen LogP contribution is 2.19. The molecule has 122 valence electrons. The number of carbonyl (C=O) groups is 1. The minimum atomic E-state index is -0.383. The van der Waals surface area contributed by atoms with Gasteiger partial charge in [0.1, 0.15) is 11.5 Å². The summed E-state index contributed by atoms with van der Waals surface area (Å²) >= 11 is 0. The average Bonchev–Trinajstić information content (AvgIpc) is 2.93. The van der Waals surface area contributed by atoms with E-state index >= 15 is 0 Å². The number of hydrogen-bond acceptors (Lipinski definition) is 2. The number of amides is 2. The van der Waals surface area contributed by atoms with Gasteiger partial charge in [-0.25, -0.2) is 13.9 Å². The maximum absolute atomic E-state index is 14.3. The van der Waals surface area contributed by atoms with Crippen molar-refractivity contribution < 1.29 is 9.18 Å². The number of benzene rings is 1. The minimum absolute atomic E-state index is 0.232. The summed E-state index contributed by atoms with van der Waals surface area (Å²) in [5.74, 6) is -0.383. The molecule has 2 amide bonds. The lowest BCUT2D eigenvalue weighted by Gasteiger charge is -2.20. The van der Waals surface area contributed by atoms with E-state index < -0.39 is 0 Å². The summed E-state index contributed by atoms with van der Waals surface area (Å²) in [4.78, 5) is 13.5. The summed E-state index contributed by atoms with van der Waals surface area (Å²) in [5.41, 5.74) is 2.03. The molecule has 6 heteroatoms. The predicted octanol–water partition coefficient (Wildman–Crippen LogP) is 3.21. The lowest BCUT2D eigenvalue weighted by Crippen LogP contribution is -2.38. The summed E-state index contributed by atoms with van der Waals surface area (Å²) < 4.78 is 15.8. The Hall–Kier alpha value is -2.63. The van der Waals surface area contributed by atoms with E-state index in [1.165, 1.54) is 15.6 Å². The van der Waals surface area contributed by atoms with Crippen molar-refractivity contribution in [3.8, 4) is 5.69 Å². The number of carbonyl (C=O) groups excluding carboxylic acids is 1. The molecule has 1 N–H and O–H groups in total. The Morgan fingerprint density at radius 2 is 2.30 bits per heavy atom. The van der Waals surface area contributed by atoms with Crippen LogP contribution < -0.4 is 5.32 Å². The van der Waals surface area contributed by atoms with Gasteiger partial charge in [-0.1, -0.05) is 12.1 Å². The van der Waals surface area contributed by atoms with Crippen LogP contribution in [0.15, 0.2) is 43.2 Å². The van der Waals surface area contributed by atoms with E-state index in [1.807, 2.05) is 13.8 Å². The van der Waals surface area contributed by atoms with E-state index in [0.29, 0.717) is 17.8 Å². The van der Waals surface area contributed by atoms with Gasteiger partial charge in [0.05, 0.1) is 12.2 Å². The van der Waals surface area contributed by atoms with Gasteiger partial charge in [0.25, 0.3) is 0 Å². The van der Waals surface area contributed by atoms with Crippen LogP contribution in [0.3, 0.4) is 0 Å². The van der Waals surface area contributed by atoms with Crippen LogP contribution in [-0.4, -0.2) is 34.3 Å². The number of urea groups is 1. The third kappa shape index (κ3) is 3.97. The van der Waals surface area contributed by atoms with Gasteiger partial charge in [-0.2, -0.15) is 5.10 Å². The highest BCUT2D eigenvalue weighted by molar-refractivity contribution is 5.74. The molecule has 23 heavy (non-hydrogen) atoms. The lowest BCUT2D eigenvalue weighted by atomic mass is 10.1. The molecular weight excluding hydrogens is 295 g/mol. The van der Waals surface area contributed by atoms with E-state index in [1.54, 1.807) is 37.7 Å². The first-order valence-electron chi connectivity index (χ1n) is 7.36. The van der Waals surface area contributed by atoms with E-state index in [4.69, 9.17) is 0 Å². The molecule has 0 aliphatic heterocycles. The number of nitrogens with one attached hydrogen (secondary N) is 1. The molecule has 0 bridgehead atoms. The molecule has 0 spiro atoms. The molecule has 1 heterocycles. The smallest absolute Gasteiger partial charge is 0.317 e. The largest absolute Gasteiger partial charge is 0.331 e. The molecule has 1 aromatic carbocycles. The molecule has 5 nitrogen and oxygen atoms in total. The first-order valence-corrected chi connectivity index (χ1v) is 7.36. The summed E-state index contributed by atoms with van der Waals surface area (Å²) in [6, 6.07) is 4.33. The fraction of sp³-hybridized carbons (Fsp3) is 0.294. The fourth-order valence-corrected chi connectivity index (χ4v) is 2.18.